The van der Waals surface area contributed by atoms with Gasteiger partial charge in [0.2, 0.25) is 5.91 Å². The lowest BCUT2D eigenvalue weighted by Gasteiger charge is -2.26. The van der Waals surface area contributed by atoms with Gasteiger partial charge in [0, 0.05) is 39.7 Å². The highest BCUT2D eigenvalue weighted by molar-refractivity contribution is 5.76. The van der Waals surface area contributed by atoms with Gasteiger partial charge >= 0.3 is 0 Å². The monoisotopic (exact) mass is 246 g/mol. The number of methoxy groups -OCH3 is 1. The Labute approximate surface area is 102 Å². The highest BCUT2D eigenvalue weighted by Crippen LogP contribution is 2.02. The lowest BCUT2D eigenvalue weighted by molar-refractivity contribution is -0.132. The minimum absolute atomic E-state index is 0.00292. The van der Waals surface area contributed by atoms with E-state index in [-0.39, 0.29) is 18.6 Å². The van der Waals surface area contributed by atoms with E-state index in [0.29, 0.717) is 26.2 Å². The average Bonchev–Trinajstić information content (AvgIpc) is 2.30. The molecule has 0 spiro atoms. The number of nitrogens with one attached hydrogen (secondary N) is 1. The summed E-state index contributed by atoms with van der Waals surface area (Å²) in [7, 11) is 3.21. The zero-order valence-corrected chi connectivity index (χ0v) is 10.5. The average molecular weight is 246 g/mol. The number of likely N-dealkylation sites (N-methyl/N-ethyl adjacent to an activating group) is 1. The Balaban J connectivity index is 2.25. The molecule has 2 atom stereocenters. The number of carbonyl (C=O) groups is 1. The molecule has 0 bridgehead atoms. The van der Waals surface area contributed by atoms with Crippen molar-refractivity contribution < 1.29 is 19.4 Å². The molecule has 6 heteroatoms. The number of aliphatic hydroxyl groups excluding tert-OH is 1. The molecule has 1 aliphatic heterocycles. The fourth-order valence-electron chi connectivity index (χ4n) is 1.78. The number of morpholine rings is 1. The van der Waals surface area contributed by atoms with Gasteiger partial charge in [0.1, 0.15) is 0 Å². The Morgan fingerprint density at radius 1 is 1.71 bits per heavy atom. The molecule has 1 aliphatic rings. The van der Waals surface area contributed by atoms with Crippen molar-refractivity contribution in [1.29, 1.82) is 0 Å². The third kappa shape index (κ3) is 5.45. The minimum atomic E-state index is -0.635. The van der Waals surface area contributed by atoms with E-state index >= 15 is 0 Å². The van der Waals surface area contributed by atoms with E-state index in [1.165, 1.54) is 12.0 Å². The molecule has 2 unspecified atom stereocenters. The Bertz CT molecular complexity index is 232. The summed E-state index contributed by atoms with van der Waals surface area (Å²) in [6, 6.07) is 0.0817. The predicted molar refractivity (Wildman–Crippen MR) is 62.7 cm³/mol. The molecule has 1 fully saturated rings. The van der Waals surface area contributed by atoms with E-state index in [9.17, 15) is 9.90 Å². The van der Waals surface area contributed by atoms with Gasteiger partial charge in [0.15, 0.2) is 0 Å². The van der Waals surface area contributed by atoms with Gasteiger partial charge in [-0.25, -0.2) is 0 Å². The van der Waals surface area contributed by atoms with Gasteiger partial charge in [0.25, 0.3) is 0 Å². The fourth-order valence-corrected chi connectivity index (χ4v) is 1.78. The van der Waals surface area contributed by atoms with Crippen LogP contribution in [0.4, 0.5) is 0 Å². The fraction of sp³-hybridized carbons (Fsp3) is 0.909. The van der Waals surface area contributed by atoms with Crippen molar-refractivity contribution in [3.63, 3.8) is 0 Å². The number of hydrogen-bond donors (Lipinski definition) is 2. The maximum Gasteiger partial charge on any atom is 0.224 e. The quantitative estimate of drug-likeness (QED) is 0.618. The molecule has 1 heterocycles. The lowest BCUT2D eigenvalue weighted by Crippen LogP contribution is -2.45. The van der Waals surface area contributed by atoms with Crippen LogP contribution in [0.5, 0.6) is 0 Å². The molecule has 1 saturated heterocycles. The van der Waals surface area contributed by atoms with Crippen LogP contribution in [0.3, 0.4) is 0 Å². The number of aliphatic hydroxyl groups is 1. The Morgan fingerprint density at radius 3 is 3.06 bits per heavy atom. The molecule has 0 saturated carbocycles. The summed E-state index contributed by atoms with van der Waals surface area (Å²) in [6.45, 7) is 2.59. The molecular weight excluding hydrogens is 224 g/mol. The third-order valence-electron chi connectivity index (χ3n) is 2.69. The van der Waals surface area contributed by atoms with Crippen molar-refractivity contribution in [1.82, 2.24) is 10.2 Å². The number of nitrogens with zero attached hydrogens (tertiary/aromatic N) is 1. The molecule has 100 valence electrons. The summed E-state index contributed by atoms with van der Waals surface area (Å²) in [4.78, 5) is 13.4. The van der Waals surface area contributed by atoms with Gasteiger partial charge in [-0.3, -0.25) is 4.79 Å². The summed E-state index contributed by atoms with van der Waals surface area (Å²) in [5.74, 6) is 0.00292. The molecule has 0 aromatic heterocycles. The van der Waals surface area contributed by atoms with E-state index in [0.717, 1.165) is 6.54 Å². The summed E-state index contributed by atoms with van der Waals surface area (Å²) in [6.07, 6.45) is -0.236. The second-order valence-corrected chi connectivity index (χ2v) is 4.31. The van der Waals surface area contributed by atoms with Crippen molar-refractivity contribution in [2.24, 2.45) is 0 Å². The van der Waals surface area contributed by atoms with Crippen LogP contribution in [0.2, 0.25) is 0 Å². The highest BCUT2D eigenvalue weighted by atomic mass is 16.5. The van der Waals surface area contributed by atoms with Crippen molar-refractivity contribution in [3.05, 3.63) is 0 Å². The second kappa shape index (κ2) is 7.60. The smallest absolute Gasteiger partial charge is 0.224 e. The predicted octanol–water partition coefficient (Wildman–Crippen LogP) is -1.17. The number of ether oxygens (including phenoxy) is 2. The van der Waals surface area contributed by atoms with Gasteiger partial charge in [-0.05, 0) is 0 Å². The Kier molecular flexibility index (Phi) is 6.43. The van der Waals surface area contributed by atoms with Crippen LogP contribution < -0.4 is 5.32 Å². The number of carbonyl (C=O) groups excluding carboxylic acids is 1. The van der Waals surface area contributed by atoms with Crippen LogP contribution in [0.1, 0.15) is 6.42 Å². The van der Waals surface area contributed by atoms with Crippen LogP contribution >= 0.6 is 0 Å². The normalized spacial score (nSPS) is 22.2. The number of amides is 1. The minimum Gasteiger partial charge on any atom is -0.389 e. The van der Waals surface area contributed by atoms with Crippen molar-refractivity contribution in [3.8, 4) is 0 Å². The first-order chi connectivity index (χ1) is 8.13. The van der Waals surface area contributed by atoms with Crippen LogP contribution in [-0.4, -0.2) is 75.1 Å². The van der Waals surface area contributed by atoms with E-state index < -0.39 is 6.10 Å². The summed E-state index contributed by atoms with van der Waals surface area (Å²) in [5.41, 5.74) is 0. The SMILES string of the molecule is COCC(O)CN(C)C(=O)CC1COCCN1. The Morgan fingerprint density at radius 2 is 2.47 bits per heavy atom. The Hall–Kier alpha value is -0.690. The molecule has 0 aliphatic carbocycles. The highest BCUT2D eigenvalue weighted by Gasteiger charge is 2.20. The molecule has 6 nitrogen and oxygen atoms in total. The zero-order valence-electron chi connectivity index (χ0n) is 10.5. The summed E-state index contributed by atoms with van der Waals surface area (Å²) in [5, 5.41) is 12.7. The van der Waals surface area contributed by atoms with Crippen molar-refractivity contribution in [2.75, 3.05) is 47.1 Å². The summed E-state index contributed by atoms with van der Waals surface area (Å²) >= 11 is 0. The first-order valence-corrected chi connectivity index (χ1v) is 5.85. The first kappa shape index (κ1) is 14.4. The van der Waals surface area contributed by atoms with Gasteiger partial charge in [-0.15, -0.1) is 0 Å². The van der Waals surface area contributed by atoms with Crippen molar-refractivity contribution >= 4 is 5.91 Å². The molecule has 2 N–H and O–H groups in total. The van der Waals surface area contributed by atoms with Crippen molar-refractivity contribution in [2.45, 2.75) is 18.6 Å². The first-order valence-electron chi connectivity index (χ1n) is 5.85. The third-order valence-corrected chi connectivity index (χ3v) is 2.69. The second-order valence-electron chi connectivity index (χ2n) is 4.31. The van der Waals surface area contributed by atoms with Crippen LogP contribution in [0, 0.1) is 0 Å². The van der Waals surface area contributed by atoms with Crippen LogP contribution in [0.15, 0.2) is 0 Å². The lowest BCUT2D eigenvalue weighted by atomic mass is 10.2. The van der Waals surface area contributed by atoms with E-state index in [4.69, 9.17) is 9.47 Å². The molecule has 17 heavy (non-hydrogen) atoms. The molecule has 0 radical (unpaired) electrons. The van der Waals surface area contributed by atoms with Gasteiger partial charge in [-0.1, -0.05) is 0 Å². The number of rotatable bonds is 6. The maximum atomic E-state index is 11.8. The van der Waals surface area contributed by atoms with Gasteiger partial charge in [0.05, 0.1) is 25.9 Å². The largest absolute Gasteiger partial charge is 0.389 e. The zero-order chi connectivity index (χ0) is 12.7. The molecule has 1 rings (SSSR count). The van der Waals surface area contributed by atoms with E-state index in [2.05, 4.69) is 5.32 Å². The molecule has 0 aromatic rings. The molecule has 1 amide bonds. The van der Waals surface area contributed by atoms with E-state index in [1.807, 2.05) is 0 Å². The molecular formula is C11H22N2O4. The van der Waals surface area contributed by atoms with E-state index in [1.54, 1.807) is 7.05 Å². The van der Waals surface area contributed by atoms with Gasteiger partial charge in [-0.2, -0.15) is 0 Å². The number of hydrogen-bond acceptors (Lipinski definition) is 5. The van der Waals surface area contributed by atoms with Crippen LogP contribution in [0.25, 0.3) is 0 Å². The van der Waals surface area contributed by atoms with Gasteiger partial charge < -0.3 is 24.8 Å². The maximum absolute atomic E-state index is 11.8. The topological polar surface area (TPSA) is 71.0 Å². The summed E-state index contributed by atoms with van der Waals surface area (Å²) < 4.78 is 10.1. The van der Waals surface area contributed by atoms with Crippen LogP contribution in [-0.2, 0) is 14.3 Å². The standard InChI is InChI=1S/C11H22N2O4/c1-13(6-10(14)8-16-2)11(15)5-9-7-17-4-3-12-9/h9-10,12,14H,3-8H2,1-2H3. The molecule has 0 aromatic carbocycles.